The number of ether oxygens (including phenoxy) is 2. The van der Waals surface area contributed by atoms with E-state index in [1.54, 1.807) is 14.0 Å². The number of benzene rings is 1. The monoisotopic (exact) mass is 317 g/mol. The minimum Gasteiger partial charge on any atom is -0.493 e. The van der Waals surface area contributed by atoms with Crippen molar-refractivity contribution < 1.29 is 14.3 Å². The molecule has 1 aromatic carbocycles. The van der Waals surface area contributed by atoms with Gasteiger partial charge in [-0.2, -0.15) is 0 Å². The molecule has 23 heavy (non-hydrogen) atoms. The van der Waals surface area contributed by atoms with E-state index in [2.05, 4.69) is 24.4 Å². The van der Waals surface area contributed by atoms with Crippen LogP contribution in [0.2, 0.25) is 0 Å². The summed E-state index contributed by atoms with van der Waals surface area (Å²) in [5.74, 6) is 2.00. The summed E-state index contributed by atoms with van der Waals surface area (Å²) in [6.07, 6.45) is 5.00. The molecule has 2 atom stereocenters. The summed E-state index contributed by atoms with van der Waals surface area (Å²) >= 11 is 0. The van der Waals surface area contributed by atoms with Gasteiger partial charge in [0, 0.05) is 24.4 Å². The van der Waals surface area contributed by atoms with Crippen molar-refractivity contribution in [3.63, 3.8) is 0 Å². The standard InChI is InChI=1S/C19H27NO3/c1-13(21)19(2)12-20-11-16(19)14-8-9-17(22-3)18(10-14)23-15-6-4-5-7-15/h8-10,15-16,20H,4-7,11-12H2,1-3H3/t16?,19-/m1/s1. The van der Waals surface area contributed by atoms with E-state index in [0.29, 0.717) is 6.10 Å². The Morgan fingerprint density at radius 3 is 2.65 bits per heavy atom. The van der Waals surface area contributed by atoms with Crippen molar-refractivity contribution in [3.05, 3.63) is 23.8 Å². The van der Waals surface area contributed by atoms with Gasteiger partial charge in [-0.25, -0.2) is 0 Å². The Balaban J connectivity index is 1.89. The highest BCUT2D eigenvalue weighted by molar-refractivity contribution is 5.84. The number of ketones is 1. The lowest BCUT2D eigenvalue weighted by atomic mass is 9.73. The number of methoxy groups -OCH3 is 1. The molecule has 1 heterocycles. The van der Waals surface area contributed by atoms with Crippen LogP contribution in [-0.4, -0.2) is 32.1 Å². The molecule has 1 saturated carbocycles. The molecule has 2 aliphatic rings. The quantitative estimate of drug-likeness (QED) is 0.905. The summed E-state index contributed by atoms with van der Waals surface area (Å²) in [6.45, 7) is 5.31. The number of hydrogen-bond donors (Lipinski definition) is 1. The van der Waals surface area contributed by atoms with Gasteiger partial charge in [-0.05, 0) is 50.3 Å². The predicted octanol–water partition coefficient (Wildman–Crippen LogP) is 3.30. The van der Waals surface area contributed by atoms with E-state index in [-0.39, 0.29) is 17.1 Å². The maximum absolute atomic E-state index is 12.1. The predicted molar refractivity (Wildman–Crippen MR) is 90.3 cm³/mol. The first kappa shape index (κ1) is 16.3. The fraction of sp³-hybridized carbons (Fsp3) is 0.632. The largest absolute Gasteiger partial charge is 0.493 e. The van der Waals surface area contributed by atoms with Crippen LogP contribution in [0.3, 0.4) is 0 Å². The molecule has 1 aliphatic carbocycles. The maximum Gasteiger partial charge on any atom is 0.161 e. The van der Waals surface area contributed by atoms with Crippen molar-refractivity contribution in [1.29, 1.82) is 0 Å². The van der Waals surface area contributed by atoms with Gasteiger partial charge in [-0.1, -0.05) is 13.0 Å². The van der Waals surface area contributed by atoms with Gasteiger partial charge in [-0.3, -0.25) is 4.79 Å². The van der Waals surface area contributed by atoms with Gasteiger partial charge < -0.3 is 14.8 Å². The summed E-state index contributed by atoms with van der Waals surface area (Å²) in [6, 6.07) is 6.12. The first-order valence-electron chi connectivity index (χ1n) is 8.61. The Kier molecular flexibility index (Phi) is 4.62. The Morgan fingerprint density at radius 1 is 1.26 bits per heavy atom. The molecular formula is C19H27NO3. The number of Topliss-reactive ketones (excluding diaryl/α,β-unsaturated/α-hetero) is 1. The Labute approximate surface area is 138 Å². The van der Waals surface area contributed by atoms with E-state index < -0.39 is 0 Å². The molecule has 3 rings (SSSR count). The molecule has 1 N–H and O–H groups in total. The lowest BCUT2D eigenvalue weighted by Gasteiger charge is -2.28. The van der Waals surface area contributed by atoms with Crippen molar-refractivity contribution in [1.82, 2.24) is 5.32 Å². The van der Waals surface area contributed by atoms with E-state index in [1.807, 2.05) is 6.07 Å². The number of hydrogen-bond acceptors (Lipinski definition) is 4. The van der Waals surface area contributed by atoms with Gasteiger partial charge in [0.25, 0.3) is 0 Å². The van der Waals surface area contributed by atoms with Crippen LogP contribution in [0.15, 0.2) is 18.2 Å². The van der Waals surface area contributed by atoms with Crippen LogP contribution in [0.5, 0.6) is 11.5 Å². The van der Waals surface area contributed by atoms with E-state index in [9.17, 15) is 4.79 Å². The molecule has 126 valence electrons. The second kappa shape index (κ2) is 6.52. The molecule has 1 saturated heterocycles. The van der Waals surface area contributed by atoms with Crippen molar-refractivity contribution >= 4 is 5.78 Å². The summed E-state index contributed by atoms with van der Waals surface area (Å²) in [4.78, 5) is 12.1. The van der Waals surface area contributed by atoms with Gasteiger partial charge in [0.05, 0.1) is 13.2 Å². The van der Waals surface area contributed by atoms with E-state index in [1.165, 1.54) is 12.8 Å². The van der Waals surface area contributed by atoms with Crippen molar-refractivity contribution in [2.75, 3.05) is 20.2 Å². The highest BCUT2D eigenvalue weighted by Gasteiger charge is 2.43. The molecule has 4 nitrogen and oxygen atoms in total. The van der Waals surface area contributed by atoms with Gasteiger partial charge >= 0.3 is 0 Å². The third kappa shape index (κ3) is 3.09. The average molecular weight is 317 g/mol. The fourth-order valence-electron chi connectivity index (χ4n) is 3.87. The first-order valence-corrected chi connectivity index (χ1v) is 8.61. The minimum absolute atomic E-state index is 0.178. The van der Waals surface area contributed by atoms with Crippen LogP contribution in [0, 0.1) is 5.41 Å². The Hall–Kier alpha value is -1.55. The lowest BCUT2D eigenvalue weighted by Crippen LogP contribution is -2.32. The van der Waals surface area contributed by atoms with Crippen LogP contribution >= 0.6 is 0 Å². The third-order valence-corrected chi connectivity index (χ3v) is 5.60. The molecule has 0 radical (unpaired) electrons. The van der Waals surface area contributed by atoms with Crippen LogP contribution in [-0.2, 0) is 4.79 Å². The summed E-state index contributed by atoms with van der Waals surface area (Å²) in [7, 11) is 1.67. The highest BCUT2D eigenvalue weighted by Crippen LogP contribution is 2.42. The second-order valence-corrected chi connectivity index (χ2v) is 7.09. The summed E-state index contributed by atoms with van der Waals surface area (Å²) in [5, 5.41) is 3.37. The molecular weight excluding hydrogens is 290 g/mol. The van der Waals surface area contributed by atoms with E-state index in [0.717, 1.165) is 43.0 Å². The Bertz CT molecular complexity index is 580. The molecule has 0 bridgehead atoms. The highest BCUT2D eigenvalue weighted by atomic mass is 16.5. The zero-order chi connectivity index (χ0) is 16.4. The topological polar surface area (TPSA) is 47.6 Å². The normalized spacial score (nSPS) is 28.0. The zero-order valence-electron chi connectivity index (χ0n) is 14.4. The third-order valence-electron chi connectivity index (χ3n) is 5.60. The Morgan fingerprint density at radius 2 is 2.00 bits per heavy atom. The SMILES string of the molecule is COc1ccc(C2CNC[C@]2(C)C(C)=O)cc1OC1CCCC1. The van der Waals surface area contributed by atoms with Crippen molar-refractivity contribution in [3.8, 4) is 11.5 Å². The number of nitrogens with one attached hydrogen (secondary N) is 1. The zero-order valence-corrected chi connectivity index (χ0v) is 14.4. The van der Waals surface area contributed by atoms with Gasteiger partial charge in [0.15, 0.2) is 11.5 Å². The van der Waals surface area contributed by atoms with Gasteiger partial charge in [-0.15, -0.1) is 0 Å². The first-order chi connectivity index (χ1) is 11.0. The summed E-state index contributed by atoms with van der Waals surface area (Å²) < 4.78 is 11.7. The maximum atomic E-state index is 12.1. The molecule has 1 aliphatic heterocycles. The number of carbonyl (C=O) groups is 1. The second-order valence-electron chi connectivity index (χ2n) is 7.09. The van der Waals surface area contributed by atoms with E-state index in [4.69, 9.17) is 9.47 Å². The molecule has 0 spiro atoms. The van der Waals surface area contributed by atoms with Crippen LogP contribution in [0.4, 0.5) is 0 Å². The van der Waals surface area contributed by atoms with Crippen molar-refractivity contribution in [2.24, 2.45) is 5.41 Å². The molecule has 2 fully saturated rings. The van der Waals surface area contributed by atoms with Gasteiger partial charge in [0.1, 0.15) is 5.78 Å². The lowest BCUT2D eigenvalue weighted by molar-refractivity contribution is -0.125. The molecule has 0 aromatic heterocycles. The smallest absolute Gasteiger partial charge is 0.161 e. The number of carbonyl (C=O) groups excluding carboxylic acids is 1. The fourth-order valence-corrected chi connectivity index (χ4v) is 3.87. The van der Waals surface area contributed by atoms with Gasteiger partial charge in [0.2, 0.25) is 0 Å². The van der Waals surface area contributed by atoms with Crippen LogP contribution in [0.1, 0.15) is 51.0 Å². The van der Waals surface area contributed by atoms with Crippen LogP contribution in [0.25, 0.3) is 0 Å². The molecule has 4 heteroatoms. The molecule has 0 amide bonds. The van der Waals surface area contributed by atoms with Crippen molar-refractivity contribution in [2.45, 2.75) is 51.6 Å². The van der Waals surface area contributed by atoms with Crippen LogP contribution < -0.4 is 14.8 Å². The molecule has 1 aromatic rings. The van der Waals surface area contributed by atoms with E-state index >= 15 is 0 Å². The number of rotatable bonds is 5. The molecule has 1 unspecified atom stereocenters. The minimum atomic E-state index is -0.348. The summed E-state index contributed by atoms with van der Waals surface area (Å²) in [5.41, 5.74) is 0.806. The average Bonchev–Trinajstić information content (AvgIpc) is 3.17.